The van der Waals surface area contributed by atoms with Crippen molar-refractivity contribution in [3.8, 4) is 0 Å². The molecule has 0 saturated carbocycles. The number of allylic oxidation sites excluding steroid dienone is 1. The van der Waals surface area contributed by atoms with E-state index < -0.39 is 5.79 Å². The van der Waals surface area contributed by atoms with Gasteiger partial charge < -0.3 is 14.2 Å². The smallest absolute Gasteiger partial charge is 0.216 e. The molecule has 1 fully saturated rings. The standard InChI is InChI=1S/C15H16O4/c16-13-6-7-15(14(10-13)17-8-9-18-15)19-11-12-4-2-1-3-5-12/h1-7,14H,8-11H2/t14-,15-/m0/s1. The Morgan fingerprint density at radius 3 is 2.95 bits per heavy atom. The fourth-order valence-electron chi connectivity index (χ4n) is 2.37. The van der Waals surface area contributed by atoms with Crippen LogP contribution < -0.4 is 0 Å². The van der Waals surface area contributed by atoms with E-state index in [1.54, 1.807) is 6.08 Å². The average molecular weight is 260 g/mol. The van der Waals surface area contributed by atoms with Gasteiger partial charge in [0.2, 0.25) is 5.79 Å². The van der Waals surface area contributed by atoms with Crippen LogP contribution in [0.2, 0.25) is 0 Å². The Kier molecular flexibility index (Phi) is 3.46. The normalized spacial score (nSPS) is 30.1. The number of fused-ring (bicyclic) bond motifs is 1. The van der Waals surface area contributed by atoms with Gasteiger partial charge in [-0.1, -0.05) is 30.3 Å². The summed E-state index contributed by atoms with van der Waals surface area (Å²) < 4.78 is 17.3. The molecule has 1 heterocycles. The van der Waals surface area contributed by atoms with Crippen molar-refractivity contribution in [1.82, 2.24) is 0 Å². The minimum Gasteiger partial charge on any atom is -0.369 e. The molecule has 0 radical (unpaired) electrons. The van der Waals surface area contributed by atoms with Gasteiger partial charge in [-0.2, -0.15) is 0 Å². The fourth-order valence-corrected chi connectivity index (χ4v) is 2.37. The first kappa shape index (κ1) is 12.5. The monoisotopic (exact) mass is 260 g/mol. The number of benzene rings is 1. The van der Waals surface area contributed by atoms with Crippen LogP contribution in [0.1, 0.15) is 12.0 Å². The molecular weight excluding hydrogens is 244 g/mol. The molecule has 3 rings (SSSR count). The summed E-state index contributed by atoms with van der Waals surface area (Å²) in [5.41, 5.74) is 1.06. The highest BCUT2D eigenvalue weighted by atomic mass is 16.7. The maximum atomic E-state index is 11.5. The molecule has 1 aliphatic carbocycles. The number of ether oxygens (including phenoxy) is 3. The minimum absolute atomic E-state index is 0.0504. The van der Waals surface area contributed by atoms with Gasteiger partial charge in [0.1, 0.15) is 6.10 Å². The lowest BCUT2D eigenvalue weighted by Gasteiger charge is -2.42. The van der Waals surface area contributed by atoms with Crippen molar-refractivity contribution in [2.45, 2.75) is 24.9 Å². The second-order valence-corrected chi connectivity index (χ2v) is 4.71. The highest BCUT2D eigenvalue weighted by Gasteiger charge is 2.45. The number of hydrogen-bond donors (Lipinski definition) is 0. The van der Waals surface area contributed by atoms with Gasteiger partial charge in [-0.15, -0.1) is 0 Å². The second kappa shape index (κ2) is 5.25. The summed E-state index contributed by atoms with van der Waals surface area (Å²) in [5.74, 6) is -0.864. The quantitative estimate of drug-likeness (QED) is 0.832. The molecule has 1 saturated heterocycles. The number of ketones is 1. The van der Waals surface area contributed by atoms with Crippen LogP contribution in [0.25, 0.3) is 0 Å². The van der Waals surface area contributed by atoms with Crippen LogP contribution >= 0.6 is 0 Å². The van der Waals surface area contributed by atoms with E-state index in [0.29, 0.717) is 26.2 Å². The summed E-state index contributed by atoms with van der Waals surface area (Å²) in [5, 5.41) is 0. The third-order valence-corrected chi connectivity index (χ3v) is 3.37. The fraction of sp³-hybridized carbons (Fsp3) is 0.400. The van der Waals surface area contributed by atoms with E-state index in [0.717, 1.165) is 5.56 Å². The Balaban J connectivity index is 1.76. The molecule has 0 unspecified atom stereocenters. The second-order valence-electron chi connectivity index (χ2n) is 4.71. The van der Waals surface area contributed by atoms with Crippen molar-refractivity contribution in [2.24, 2.45) is 0 Å². The molecule has 19 heavy (non-hydrogen) atoms. The van der Waals surface area contributed by atoms with Crippen molar-refractivity contribution in [1.29, 1.82) is 0 Å². The Morgan fingerprint density at radius 1 is 1.26 bits per heavy atom. The number of rotatable bonds is 3. The maximum Gasteiger partial charge on any atom is 0.216 e. The first-order valence-electron chi connectivity index (χ1n) is 6.44. The molecule has 4 heteroatoms. The average Bonchev–Trinajstić information content (AvgIpc) is 2.47. The van der Waals surface area contributed by atoms with E-state index >= 15 is 0 Å². The molecular formula is C15H16O4. The van der Waals surface area contributed by atoms with E-state index in [4.69, 9.17) is 14.2 Å². The van der Waals surface area contributed by atoms with Crippen molar-refractivity contribution >= 4 is 5.78 Å². The molecule has 0 bridgehead atoms. The van der Waals surface area contributed by atoms with Gasteiger partial charge >= 0.3 is 0 Å². The minimum atomic E-state index is -0.915. The van der Waals surface area contributed by atoms with Crippen molar-refractivity contribution in [3.05, 3.63) is 48.0 Å². The summed E-state index contributed by atoms with van der Waals surface area (Å²) in [6.07, 6.45) is 3.18. The molecule has 1 aromatic carbocycles. The van der Waals surface area contributed by atoms with Crippen molar-refractivity contribution in [3.63, 3.8) is 0 Å². The summed E-state index contributed by atoms with van der Waals surface area (Å²) in [7, 11) is 0. The van der Waals surface area contributed by atoms with E-state index in [1.165, 1.54) is 6.08 Å². The lowest BCUT2D eigenvalue weighted by molar-refractivity contribution is -0.304. The van der Waals surface area contributed by atoms with Crippen LogP contribution in [0, 0.1) is 0 Å². The highest BCUT2D eigenvalue weighted by Crippen LogP contribution is 2.32. The predicted molar refractivity (Wildman–Crippen MR) is 68.4 cm³/mol. The first-order chi connectivity index (χ1) is 9.28. The van der Waals surface area contributed by atoms with Crippen LogP contribution in [0.4, 0.5) is 0 Å². The van der Waals surface area contributed by atoms with Crippen LogP contribution in [0.5, 0.6) is 0 Å². The largest absolute Gasteiger partial charge is 0.369 e. The van der Waals surface area contributed by atoms with Crippen molar-refractivity contribution in [2.75, 3.05) is 13.2 Å². The molecule has 2 atom stereocenters. The molecule has 0 aromatic heterocycles. The molecule has 100 valence electrons. The van der Waals surface area contributed by atoms with Crippen LogP contribution in [0.3, 0.4) is 0 Å². The van der Waals surface area contributed by atoms with E-state index in [1.807, 2.05) is 30.3 Å². The van der Waals surface area contributed by atoms with E-state index in [2.05, 4.69) is 0 Å². The zero-order valence-electron chi connectivity index (χ0n) is 10.6. The summed E-state index contributed by atoms with van der Waals surface area (Å²) in [4.78, 5) is 11.5. The van der Waals surface area contributed by atoms with Gasteiger partial charge in [0.05, 0.1) is 19.8 Å². The lowest BCUT2D eigenvalue weighted by Crippen LogP contribution is -2.54. The number of carbonyl (C=O) groups is 1. The van der Waals surface area contributed by atoms with E-state index in [-0.39, 0.29) is 11.9 Å². The highest BCUT2D eigenvalue weighted by molar-refractivity contribution is 5.91. The molecule has 0 amide bonds. The molecule has 1 aliphatic heterocycles. The maximum absolute atomic E-state index is 11.5. The Hall–Kier alpha value is -1.49. The van der Waals surface area contributed by atoms with Crippen LogP contribution in [-0.4, -0.2) is 30.9 Å². The van der Waals surface area contributed by atoms with Gasteiger partial charge in [-0.05, 0) is 17.7 Å². The third kappa shape index (κ3) is 2.61. The zero-order chi connectivity index (χ0) is 13.1. The summed E-state index contributed by atoms with van der Waals surface area (Å²) >= 11 is 0. The Bertz CT molecular complexity index is 482. The van der Waals surface area contributed by atoms with Gasteiger partial charge in [-0.25, -0.2) is 0 Å². The van der Waals surface area contributed by atoms with Gasteiger partial charge in [-0.3, -0.25) is 4.79 Å². The van der Waals surface area contributed by atoms with Gasteiger partial charge in [0, 0.05) is 6.42 Å². The van der Waals surface area contributed by atoms with Crippen LogP contribution in [-0.2, 0) is 25.6 Å². The molecule has 1 aromatic rings. The van der Waals surface area contributed by atoms with Gasteiger partial charge in [0.15, 0.2) is 5.78 Å². The SMILES string of the molecule is O=C1C=C[C@@]2(OCc3ccccc3)OCCO[C@H]2C1. The third-order valence-electron chi connectivity index (χ3n) is 3.37. The Morgan fingerprint density at radius 2 is 2.11 bits per heavy atom. The van der Waals surface area contributed by atoms with Crippen molar-refractivity contribution < 1.29 is 19.0 Å². The lowest BCUT2D eigenvalue weighted by atomic mass is 9.96. The number of carbonyl (C=O) groups excluding carboxylic acids is 1. The molecule has 0 N–H and O–H groups in total. The predicted octanol–water partition coefficient (Wildman–Crippen LogP) is 1.84. The summed E-state index contributed by atoms with van der Waals surface area (Å²) in [6.45, 7) is 1.41. The van der Waals surface area contributed by atoms with Gasteiger partial charge in [0.25, 0.3) is 0 Å². The molecule has 2 aliphatic rings. The van der Waals surface area contributed by atoms with Crippen LogP contribution in [0.15, 0.2) is 42.5 Å². The summed E-state index contributed by atoms with van der Waals surface area (Å²) in [6, 6.07) is 9.88. The molecule has 4 nitrogen and oxygen atoms in total. The van der Waals surface area contributed by atoms with E-state index in [9.17, 15) is 4.79 Å². The zero-order valence-corrected chi connectivity index (χ0v) is 10.6. The first-order valence-corrected chi connectivity index (χ1v) is 6.44. The topological polar surface area (TPSA) is 44.8 Å². The molecule has 0 spiro atoms. The number of hydrogen-bond acceptors (Lipinski definition) is 4. The Labute approximate surface area is 112 Å².